The average molecular weight is 378 g/mol. The molecule has 1 aliphatic rings. The fraction of sp³-hybridized carbons (Fsp3) is 0.273. The van der Waals surface area contributed by atoms with Crippen LogP contribution >= 0.6 is 0 Å². The minimum atomic E-state index is -0.504. The van der Waals surface area contributed by atoms with Gasteiger partial charge in [0.15, 0.2) is 5.78 Å². The number of methoxy groups -OCH3 is 1. The van der Waals surface area contributed by atoms with Crippen LogP contribution in [0.2, 0.25) is 0 Å². The number of Topliss-reactive ketones (excluding diaryl/α,β-unsaturated/α-hetero) is 1. The van der Waals surface area contributed by atoms with Gasteiger partial charge in [0.1, 0.15) is 11.8 Å². The Morgan fingerprint density at radius 3 is 2.64 bits per heavy atom. The third kappa shape index (κ3) is 3.16. The second-order valence-corrected chi connectivity index (χ2v) is 6.92. The number of nitrogens with zero attached hydrogens (tertiary/aromatic N) is 1. The van der Waals surface area contributed by atoms with Crippen molar-refractivity contribution in [2.75, 3.05) is 13.7 Å². The van der Waals surface area contributed by atoms with Gasteiger partial charge in [0.05, 0.1) is 29.1 Å². The zero-order valence-corrected chi connectivity index (χ0v) is 15.9. The van der Waals surface area contributed by atoms with E-state index >= 15 is 0 Å². The van der Waals surface area contributed by atoms with Gasteiger partial charge in [-0.05, 0) is 44.0 Å². The van der Waals surface area contributed by atoms with E-state index in [0.29, 0.717) is 29.8 Å². The van der Waals surface area contributed by atoms with Crippen LogP contribution in [0.25, 0.3) is 10.9 Å². The summed E-state index contributed by atoms with van der Waals surface area (Å²) in [7, 11) is 1.59. The molecule has 0 saturated carbocycles. The number of rotatable bonds is 5. The highest BCUT2D eigenvalue weighted by Crippen LogP contribution is 2.34. The van der Waals surface area contributed by atoms with E-state index in [9.17, 15) is 9.59 Å². The molecule has 0 spiro atoms. The zero-order valence-electron chi connectivity index (χ0n) is 15.9. The second kappa shape index (κ2) is 7.48. The first-order valence-electron chi connectivity index (χ1n) is 9.33. The van der Waals surface area contributed by atoms with E-state index in [-0.39, 0.29) is 5.78 Å². The molecule has 28 heavy (non-hydrogen) atoms. The van der Waals surface area contributed by atoms with Gasteiger partial charge in [-0.15, -0.1) is 5.06 Å². The summed E-state index contributed by atoms with van der Waals surface area (Å²) in [4.78, 5) is 34.7. The molecule has 0 bridgehead atoms. The maximum atomic E-state index is 13.4. The molecule has 3 aromatic rings. The summed E-state index contributed by atoms with van der Waals surface area (Å²) in [5.41, 5.74) is 2.70. The van der Waals surface area contributed by atoms with E-state index < -0.39 is 12.0 Å². The summed E-state index contributed by atoms with van der Waals surface area (Å²) >= 11 is 0. The third-order valence-electron chi connectivity index (χ3n) is 5.16. The molecule has 1 saturated heterocycles. The average Bonchev–Trinajstić information content (AvgIpc) is 3.31. The highest BCUT2D eigenvalue weighted by Gasteiger charge is 2.36. The molecule has 144 valence electrons. The van der Waals surface area contributed by atoms with Gasteiger partial charge in [-0.3, -0.25) is 4.79 Å². The fourth-order valence-electron chi connectivity index (χ4n) is 3.83. The maximum Gasteiger partial charge on any atom is 0.357 e. The summed E-state index contributed by atoms with van der Waals surface area (Å²) in [6.45, 7) is 2.41. The van der Waals surface area contributed by atoms with Crippen LogP contribution in [0.5, 0.6) is 5.75 Å². The third-order valence-corrected chi connectivity index (χ3v) is 5.16. The van der Waals surface area contributed by atoms with Gasteiger partial charge in [-0.1, -0.05) is 24.3 Å². The normalized spacial score (nSPS) is 17.0. The Kier molecular flexibility index (Phi) is 4.88. The number of H-pyrrole nitrogens is 1. The number of carbonyl (C=O) groups is 2. The molecular formula is C22H22N2O4. The molecule has 1 atom stereocenters. The van der Waals surface area contributed by atoms with Crippen LogP contribution in [0, 0.1) is 6.92 Å². The first kappa shape index (κ1) is 18.3. The summed E-state index contributed by atoms with van der Waals surface area (Å²) < 4.78 is 5.47. The monoisotopic (exact) mass is 378 g/mol. The molecule has 1 aromatic heterocycles. The van der Waals surface area contributed by atoms with Gasteiger partial charge in [0.2, 0.25) is 0 Å². The number of fused-ring (bicyclic) bond motifs is 1. The highest BCUT2D eigenvalue weighted by atomic mass is 16.7. The zero-order chi connectivity index (χ0) is 19.7. The van der Waals surface area contributed by atoms with Crippen LogP contribution in [0.4, 0.5) is 0 Å². The first-order valence-corrected chi connectivity index (χ1v) is 9.33. The standard InChI is InChI=1S/C22H22N2O4/c1-14-19(20-16(23-14)10-6-12-18(20)27-2)21(25)17-11-7-13-24(17)28-22(26)15-8-4-3-5-9-15/h3-6,8-10,12,17,23H,7,11,13H2,1-2H3/t17-/m1/s1. The van der Waals surface area contributed by atoms with Crippen molar-refractivity contribution in [1.82, 2.24) is 10.0 Å². The topological polar surface area (TPSA) is 71.6 Å². The number of hydrogen-bond donors (Lipinski definition) is 1. The molecule has 6 heteroatoms. The van der Waals surface area contributed by atoms with Gasteiger partial charge in [0.25, 0.3) is 0 Å². The molecule has 0 amide bonds. The van der Waals surface area contributed by atoms with Crippen molar-refractivity contribution in [2.45, 2.75) is 25.8 Å². The van der Waals surface area contributed by atoms with E-state index in [1.165, 1.54) is 5.06 Å². The summed E-state index contributed by atoms with van der Waals surface area (Å²) in [6.07, 6.45) is 1.43. The van der Waals surface area contributed by atoms with Crippen molar-refractivity contribution in [3.8, 4) is 5.75 Å². The Hall–Kier alpha value is -3.12. The summed E-state index contributed by atoms with van der Waals surface area (Å²) in [6, 6.07) is 13.9. The van der Waals surface area contributed by atoms with Gasteiger partial charge < -0.3 is 14.6 Å². The number of aromatic nitrogens is 1. The lowest BCUT2D eigenvalue weighted by Crippen LogP contribution is -2.38. The molecule has 1 fully saturated rings. The minimum absolute atomic E-state index is 0.0633. The van der Waals surface area contributed by atoms with Gasteiger partial charge in [0, 0.05) is 12.2 Å². The van der Waals surface area contributed by atoms with Gasteiger partial charge in [-0.25, -0.2) is 4.79 Å². The van der Waals surface area contributed by atoms with Gasteiger partial charge in [-0.2, -0.15) is 0 Å². The molecule has 6 nitrogen and oxygen atoms in total. The number of ketones is 1. The first-order chi connectivity index (χ1) is 13.6. The summed E-state index contributed by atoms with van der Waals surface area (Å²) in [5.74, 6) is 0.135. The molecule has 0 unspecified atom stereocenters. The van der Waals surface area contributed by atoms with E-state index in [1.54, 1.807) is 31.4 Å². The van der Waals surface area contributed by atoms with E-state index in [0.717, 1.165) is 23.0 Å². The Labute approximate surface area is 163 Å². The number of hydroxylamine groups is 2. The molecule has 0 aliphatic carbocycles. The van der Waals surface area contributed by atoms with E-state index in [2.05, 4.69) is 4.98 Å². The van der Waals surface area contributed by atoms with Crippen molar-refractivity contribution in [3.63, 3.8) is 0 Å². The number of aryl methyl sites for hydroxylation is 1. The van der Waals surface area contributed by atoms with E-state index in [1.807, 2.05) is 31.2 Å². The molecule has 1 N–H and O–H groups in total. The number of nitrogens with one attached hydrogen (secondary N) is 1. The Bertz CT molecular complexity index is 1030. The number of ether oxygens (including phenoxy) is 1. The van der Waals surface area contributed by atoms with Crippen LogP contribution in [0.3, 0.4) is 0 Å². The smallest absolute Gasteiger partial charge is 0.357 e. The molecule has 4 rings (SSSR count). The lowest BCUT2D eigenvalue weighted by Gasteiger charge is -2.22. The van der Waals surface area contributed by atoms with Crippen molar-refractivity contribution in [3.05, 3.63) is 65.4 Å². The minimum Gasteiger partial charge on any atom is -0.496 e. The molecule has 0 radical (unpaired) electrons. The second-order valence-electron chi connectivity index (χ2n) is 6.92. The molecular weight excluding hydrogens is 356 g/mol. The predicted octanol–water partition coefficient (Wildman–Crippen LogP) is 3.90. The molecule has 2 aromatic carbocycles. The fourth-order valence-corrected chi connectivity index (χ4v) is 3.83. The van der Waals surface area contributed by atoms with Crippen LogP contribution in [-0.4, -0.2) is 41.5 Å². The van der Waals surface area contributed by atoms with Crippen molar-refractivity contribution < 1.29 is 19.2 Å². The number of aromatic amines is 1. The lowest BCUT2D eigenvalue weighted by molar-refractivity contribution is -0.109. The largest absolute Gasteiger partial charge is 0.496 e. The maximum absolute atomic E-state index is 13.4. The molecule has 1 aliphatic heterocycles. The van der Waals surface area contributed by atoms with Crippen LogP contribution in [0.15, 0.2) is 48.5 Å². The Balaban J connectivity index is 1.63. The summed E-state index contributed by atoms with van der Waals surface area (Å²) in [5, 5.41) is 2.29. The number of hydrogen-bond acceptors (Lipinski definition) is 5. The highest BCUT2D eigenvalue weighted by molar-refractivity contribution is 6.13. The Morgan fingerprint density at radius 2 is 1.89 bits per heavy atom. The Morgan fingerprint density at radius 1 is 1.11 bits per heavy atom. The number of carbonyl (C=O) groups excluding carboxylic acids is 2. The van der Waals surface area contributed by atoms with Crippen LogP contribution in [-0.2, 0) is 4.84 Å². The predicted molar refractivity (Wildman–Crippen MR) is 106 cm³/mol. The SMILES string of the molecule is COc1cccc2[nH]c(C)c(C(=O)[C@H]3CCCN3OC(=O)c3ccccc3)c12. The van der Waals surface area contributed by atoms with E-state index in [4.69, 9.17) is 9.57 Å². The van der Waals surface area contributed by atoms with Crippen molar-refractivity contribution in [2.24, 2.45) is 0 Å². The van der Waals surface area contributed by atoms with Crippen LogP contribution < -0.4 is 4.74 Å². The quantitative estimate of drug-likeness (QED) is 0.682. The van der Waals surface area contributed by atoms with Gasteiger partial charge >= 0.3 is 5.97 Å². The van der Waals surface area contributed by atoms with Crippen molar-refractivity contribution in [1.29, 1.82) is 0 Å². The number of benzene rings is 2. The van der Waals surface area contributed by atoms with Crippen molar-refractivity contribution >= 4 is 22.7 Å². The van der Waals surface area contributed by atoms with Crippen LogP contribution in [0.1, 0.15) is 39.3 Å². The lowest BCUT2D eigenvalue weighted by atomic mass is 9.99. The molecule has 2 heterocycles.